The van der Waals surface area contributed by atoms with Crippen LogP contribution in [-0.2, 0) is 13.0 Å². The average molecular weight is 345 g/mol. The van der Waals surface area contributed by atoms with E-state index in [1.165, 1.54) is 5.56 Å². The van der Waals surface area contributed by atoms with Crippen molar-refractivity contribution in [2.24, 2.45) is 0 Å². The Hall–Kier alpha value is -3.14. The molecule has 0 aliphatic carbocycles. The van der Waals surface area contributed by atoms with Gasteiger partial charge in [0.2, 0.25) is 0 Å². The maximum atomic E-state index is 12.7. The van der Waals surface area contributed by atoms with Crippen molar-refractivity contribution in [1.29, 1.82) is 0 Å². The second-order valence-corrected chi connectivity index (χ2v) is 6.24. The van der Waals surface area contributed by atoms with Crippen LogP contribution in [0, 0.1) is 0 Å². The molecule has 1 aromatic heterocycles. The Balaban J connectivity index is 1.75. The summed E-state index contributed by atoms with van der Waals surface area (Å²) in [5.74, 6) is -0.0474. The number of rotatable bonds is 6. The summed E-state index contributed by atoms with van der Waals surface area (Å²) in [4.78, 5) is 18.7. The van der Waals surface area contributed by atoms with Crippen LogP contribution in [0.4, 0.5) is 11.4 Å². The van der Waals surface area contributed by atoms with Crippen LogP contribution in [0.25, 0.3) is 0 Å². The highest BCUT2D eigenvalue weighted by Gasteiger charge is 2.13. The van der Waals surface area contributed by atoms with Gasteiger partial charge in [-0.15, -0.1) is 0 Å². The molecule has 1 heterocycles. The van der Waals surface area contributed by atoms with Crippen LogP contribution in [0.3, 0.4) is 0 Å². The molecule has 4 nitrogen and oxygen atoms in total. The molecule has 0 saturated carbocycles. The predicted octanol–water partition coefficient (Wildman–Crippen LogP) is 4.66. The number of hydrogen-bond acceptors (Lipinski definition) is 3. The fourth-order valence-corrected chi connectivity index (χ4v) is 2.88. The Labute approximate surface area is 154 Å². The van der Waals surface area contributed by atoms with E-state index in [1.807, 2.05) is 61.6 Å². The van der Waals surface area contributed by atoms with Crippen LogP contribution in [0.5, 0.6) is 0 Å². The van der Waals surface area contributed by atoms with E-state index in [-0.39, 0.29) is 5.91 Å². The minimum atomic E-state index is -0.0474. The van der Waals surface area contributed by atoms with Gasteiger partial charge in [0.05, 0.1) is 17.4 Å². The summed E-state index contributed by atoms with van der Waals surface area (Å²) in [7, 11) is 1.81. The molecule has 0 radical (unpaired) electrons. The standard InChI is InChI=1S/C22H23N3O/c1-3-18-11-7-8-12-21(18)24-20-13-19(14-23-15-20)22(26)25(2)16-17-9-5-4-6-10-17/h4-15,24H,3,16H2,1-2H3. The van der Waals surface area contributed by atoms with Gasteiger partial charge in [-0.2, -0.15) is 0 Å². The lowest BCUT2D eigenvalue weighted by Gasteiger charge is -2.18. The Kier molecular flexibility index (Phi) is 5.64. The number of pyridine rings is 1. The van der Waals surface area contributed by atoms with Gasteiger partial charge in [0.25, 0.3) is 5.91 Å². The second-order valence-electron chi connectivity index (χ2n) is 6.24. The third kappa shape index (κ3) is 4.28. The highest BCUT2D eigenvalue weighted by molar-refractivity contribution is 5.94. The van der Waals surface area contributed by atoms with Gasteiger partial charge in [-0.05, 0) is 29.7 Å². The fourth-order valence-electron chi connectivity index (χ4n) is 2.88. The van der Waals surface area contributed by atoms with Gasteiger partial charge in [0, 0.05) is 25.5 Å². The number of carbonyl (C=O) groups is 1. The van der Waals surface area contributed by atoms with Crippen molar-refractivity contribution in [1.82, 2.24) is 9.88 Å². The van der Waals surface area contributed by atoms with Crippen LogP contribution < -0.4 is 5.32 Å². The lowest BCUT2D eigenvalue weighted by molar-refractivity contribution is 0.0784. The van der Waals surface area contributed by atoms with Crippen LogP contribution >= 0.6 is 0 Å². The quantitative estimate of drug-likeness (QED) is 0.707. The zero-order valence-electron chi connectivity index (χ0n) is 15.1. The number of nitrogens with zero attached hydrogens (tertiary/aromatic N) is 2. The van der Waals surface area contributed by atoms with Crippen LogP contribution in [0.15, 0.2) is 73.1 Å². The number of carbonyl (C=O) groups excluding carboxylic acids is 1. The lowest BCUT2D eigenvalue weighted by Crippen LogP contribution is -2.26. The smallest absolute Gasteiger partial charge is 0.255 e. The number of aryl methyl sites for hydroxylation is 1. The number of nitrogens with one attached hydrogen (secondary N) is 1. The van der Waals surface area contributed by atoms with Crippen molar-refractivity contribution in [3.05, 3.63) is 89.7 Å². The SMILES string of the molecule is CCc1ccccc1Nc1cncc(C(=O)N(C)Cc2ccccc2)c1. The average Bonchev–Trinajstić information content (AvgIpc) is 2.69. The van der Waals surface area contributed by atoms with Crippen molar-refractivity contribution < 1.29 is 4.79 Å². The van der Waals surface area contributed by atoms with E-state index in [9.17, 15) is 4.79 Å². The molecule has 132 valence electrons. The summed E-state index contributed by atoms with van der Waals surface area (Å²) in [5.41, 5.74) is 4.75. The predicted molar refractivity (Wildman–Crippen MR) is 106 cm³/mol. The number of anilines is 2. The molecule has 0 bridgehead atoms. The van der Waals surface area contributed by atoms with Gasteiger partial charge in [-0.1, -0.05) is 55.5 Å². The molecule has 2 aromatic carbocycles. The van der Waals surface area contributed by atoms with E-state index in [0.29, 0.717) is 12.1 Å². The van der Waals surface area contributed by atoms with Crippen LogP contribution in [-0.4, -0.2) is 22.8 Å². The Bertz CT molecular complexity index is 877. The van der Waals surface area contributed by atoms with E-state index < -0.39 is 0 Å². The van der Waals surface area contributed by atoms with Crippen molar-refractivity contribution in [2.45, 2.75) is 19.9 Å². The molecule has 0 fully saturated rings. The van der Waals surface area contributed by atoms with Crippen molar-refractivity contribution in [2.75, 3.05) is 12.4 Å². The molecule has 3 rings (SSSR count). The van der Waals surface area contributed by atoms with Crippen LogP contribution in [0.2, 0.25) is 0 Å². The first-order valence-corrected chi connectivity index (χ1v) is 8.76. The first kappa shape index (κ1) is 17.7. The zero-order valence-corrected chi connectivity index (χ0v) is 15.1. The molecule has 1 N–H and O–H groups in total. The summed E-state index contributed by atoms with van der Waals surface area (Å²) < 4.78 is 0. The highest BCUT2D eigenvalue weighted by atomic mass is 16.2. The van der Waals surface area contributed by atoms with Crippen LogP contribution in [0.1, 0.15) is 28.4 Å². The first-order valence-electron chi connectivity index (χ1n) is 8.76. The minimum Gasteiger partial charge on any atom is -0.354 e. The molecular formula is C22H23N3O. The Morgan fingerprint density at radius 2 is 1.77 bits per heavy atom. The van der Waals surface area contributed by atoms with E-state index in [4.69, 9.17) is 0 Å². The summed E-state index contributed by atoms with van der Waals surface area (Å²) in [6.45, 7) is 2.69. The van der Waals surface area contributed by atoms with Crippen molar-refractivity contribution in [3.8, 4) is 0 Å². The highest BCUT2D eigenvalue weighted by Crippen LogP contribution is 2.21. The number of amides is 1. The maximum absolute atomic E-state index is 12.7. The van der Waals surface area contributed by atoms with Gasteiger partial charge in [0.15, 0.2) is 0 Å². The molecule has 0 spiro atoms. The molecule has 0 atom stereocenters. The van der Waals surface area contributed by atoms with Gasteiger partial charge in [-0.25, -0.2) is 0 Å². The molecule has 1 amide bonds. The molecule has 0 aliphatic heterocycles. The first-order chi connectivity index (χ1) is 12.7. The zero-order chi connectivity index (χ0) is 18.4. The molecule has 4 heteroatoms. The van der Waals surface area contributed by atoms with Gasteiger partial charge in [0.1, 0.15) is 0 Å². The molecule has 3 aromatic rings. The van der Waals surface area contributed by atoms with Gasteiger partial charge >= 0.3 is 0 Å². The summed E-state index contributed by atoms with van der Waals surface area (Å²) in [6, 6.07) is 20.0. The third-order valence-corrected chi connectivity index (χ3v) is 4.27. The summed E-state index contributed by atoms with van der Waals surface area (Å²) in [5, 5.41) is 3.37. The molecule has 0 saturated heterocycles. The lowest BCUT2D eigenvalue weighted by atomic mass is 10.1. The second kappa shape index (κ2) is 8.30. The van der Waals surface area contributed by atoms with Gasteiger partial charge in [-0.3, -0.25) is 9.78 Å². The minimum absolute atomic E-state index is 0.0474. The Morgan fingerprint density at radius 3 is 2.54 bits per heavy atom. The molecule has 0 unspecified atom stereocenters. The number of hydrogen-bond donors (Lipinski definition) is 1. The maximum Gasteiger partial charge on any atom is 0.255 e. The van der Waals surface area contributed by atoms with E-state index in [0.717, 1.165) is 23.4 Å². The Morgan fingerprint density at radius 1 is 1.04 bits per heavy atom. The third-order valence-electron chi connectivity index (χ3n) is 4.27. The molecule has 0 aliphatic rings. The number of benzene rings is 2. The fraction of sp³-hybridized carbons (Fsp3) is 0.182. The largest absolute Gasteiger partial charge is 0.354 e. The molecule has 26 heavy (non-hydrogen) atoms. The summed E-state index contributed by atoms with van der Waals surface area (Å²) >= 11 is 0. The van der Waals surface area contributed by atoms with Crippen molar-refractivity contribution in [3.63, 3.8) is 0 Å². The molecular weight excluding hydrogens is 322 g/mol. The van der Waals surface area contributed by atoms with E-state index in [1.54, 1.807) is 17.3 Å². The number of aromatic nitrogens is 1. The van der Waals surface area contributed by atoms with Gasteiger partial charge < -0.3 is 10.2 Å². The normalized spacial score (nSPS) is 10.4. The number of para-hydroxylation sites is 1. The monoisotopic (exact) mass is 345 g/mol. The summed E-state index contributed by atoms with van der Waals surface area (Å²) in [6.07, 6.45) is 4.29. The topological polar surface area (TPSA) is 45.2 Å². The van der Waals surface area contributed by atoms with E-state index in [2.05, 4.69) is 23.3 Å². The van der Waals surface area contributed by atoms with Crippen molar-refractivity contribution >= 4 is 17.3 Å². The van der Waals surface area contributed by atoms with E-state index >= 15 is 0 Å².